The van der Waals surface area contributed by atoms with E-state index in [0.717, 1.165) is 35.0 Å². The predicted molar refractivity (Wildman–Crippen MR) is 129 cm³/mol. The van der Waals surface area contributed by atoms with Crippen LogP contribution in [0.1, 0.15) is 28.1 Å². The molecule has 0 saturated carbocycles. The lowest BCUT2D eigenvalue weighted by atomic mass is 10.1. The molecule has 0 bridgehead atoms. The van der Waals surface area contributed by atoms with Crippen molar-refractivity contribution in [3.63, 3.8) is 0 Å². The Morgan fingerprint density at radius 2 is 1.79 bits per heavy atom. The summed E-state index contributed by atoms with van der Waals surface area (Å²) in [6, 6.07) is 13.6. The van der Waals surface area contributed by atoms with Crippen molar-refractivity contribution in [2.45, 2.75) is 27.7 Å². The molecule has 0 saturated heterocycles. The Morgan fingerprint density at radius 1 is 1.09 bits per heavy atom. The van der Waals surface area contributed by atoms with Crippen molar-refractivity contribution in [2.75, 3.05) is 17.1 Å². The molecule has 0 fully saturated rings. The Kier molecular flexibility index (Phi) is 7.02. The second-order valence-electron chi connectivity index (χ2n) is 7.94. The largest absolute Gasteiger partial charge is 0.318 e. The molecule has 0 aliphatic heterocycles. The Morgan fingerprint density at radius 3 is 2.42 bits per heavy atom. The number of nitrogens with one attached hydrogen (secondary N) is 1. The van der Waals surface area contributed by atoms with Crippen LogP contribution in [0.2, 0.25) is 0 Å². The zero-order valence-electron chi connectivity index (χ0n) is 19.3. The van der Waals surface area contributed by atoms with Gasteiger partial charge in [-0.1, -0.05) is 18.2 Å². The first-order chi connectivity index (χ1) is 15.5. The third-order valence-electron chi connectivity index (χ3n) is 5.42. The number of aromatic nitrogens is 1. The normalized spacial score (nSPS) is 11.7. The van der Waals surface area contributed by atoms with E-state index in [4.69, 9.17) is 0 Å². The molecule has 1 amide bonds. The van der Waals surface area contributed by atoms with Crippen LogP contribution in [0, 0.1) is 33.5 Å². The first-order valence-corrected chi connectivity index (χ1v) is 12.1. The van der Waals surface area contributed by atoms with Gasteiger partial charge in [0.2, 0.25) is 10.0 Å². The molecule has 1 heterocycles. The average molecular weight is 471 g/mol. The number of carbonyl (C=O) groups excluding carboxylic acids is 1. The van der Waals surface area contributed by atoms with Crippen molar-refractivity contribution in [3.8, 4) is 5.69 Å². The van der Waals surface area contributed by atoms with Gasteiger partial charge in [0.05, 0.1) is 18.2 Å². The number of aryl methyl sites for hydroxylation is 3. The van der Waals surface area contributed by atoms with Crippen molar-refractivity contribution in [2.24, 2.45) is 5.10 Å². The van der Waals surface area contributed by atoms with Gasteiger partial charge in [0.15, 0.2) is 0 Å². The van der Waals surface area contributed by atoms with E-state index in [2.05, 4.69) is 41.1 Å². The Hall–Kier alpha value is -3.46. The molecule has 1 aromatic heterocycles. The highest BCUT2D eigenvalue weighted by Gasteiger charge is 2.23. The summed E-state index contributed by atoms with van der Waals surface area (Å²) in [5.41, 5.74) is 8.32. The number of anilines is 1. The van der Waals surface area contributed by atoms with Gasteiger partial charge in [-0.15, -0.1) is 0 Å². The van der Waals surface area contributed by atoms with E-state index < -0.39 is 28.3 Å². The summed E-state index contributed by atoms with van der Waals surface area (Å²) in [5, 5.41) is 3.98. The molecule has 0 unspecified atom stereocenters. The van der Waals surface area contributed by atoms with Crippen LogP contribution in [-0.2, 0) is 14.8 Å². The summed E-state index contributed by atoms with van der Waals surface area (Å²) in [6.45, 7) is 7.46. The number of amides is 1. The molecule has 7 nitrogen and oxygen atoms in total. The van der Waals surface area contributed by atoms with E-state index in [-0.39, 0.29) is 5.69 Å². The molecule has 9 heteroatoms. The lowest BCUT2D eigenvalue weighted by Crippen LogP contribution is -2.39. The van der Waals surface area contributed by atoms with Crippen LogP contribution in [-0.4, -0.2) is 37.9 Å². The summed E-state index contributed by atoms with van der Waals surface area (Å²) in [7, 11) is -3.88. The van der Waals surface area contributed by atoms with Gasteiger partial charge in [-0.2, -0.15) is 5.10 Å². The van der Waals surface area contributed by atoms with E-state index in [1.807, 2.05) is 26.0 Å². The summed E-state index contributed by atoms with van der Waals surface area (Å²) in [4.78, 5) is 12.4. The monoisotopic (exact) mass is 470 g/mol. The Balaban J connectivity index is 1.76. The number of rotatable bonds is 7. The van der Waals surface area contributed by atoms with Crippen LogP contribution < -0.4 is 9.73 Å². The van der Waals surface area contributed by atoms with E-state index in [1.54, 1.807) is 0 Å². The lowest BCUT2D eigenvalue weighted by Gasteiger charge is -2.21. The molecule has 3 aromatic rings. The minimum Gasteiger partial charge on any atom is -0.318 e. The topological polar surface area (TPSA) is 83.8 Å². The summed E-state index contributed by atoms with van der Waals surface area (Å²) >= 11 is 0. The number of carbonyl (C=O) groups is 1. The minimum absolute atomic E-state index is 0.198. The molecule has 2 aromatic carbocycles. The average Bonchev–Trinajstić information content (AvgIpc) is 3.01. The van der Waals surface area contributed by atoms with Gasteiger partial charge >= 0.3 is 0 Å². The van der Waals surface area contributed by atoms with Crippen molar-refractivity contribution in [3.05, 3.63) is 82.4 Å². The van der Waals surface area contributed by atoms with Crippen LogP contribution >= 0.6 is 0 Å². The molecule has 3 rings (SSSR count). The highest BCUT2D eigenvalue weighted by atomic mass is 32.2. The molecule has 1 N–H and O–H groups in total. The summed E-state index contributed by atoms with van der Waals surface area (Å²) in [5.74, 6) is -1.43. The van der Waals surface area contributed by atoms with Crippen LogP contribution in [0.3, 0.4) is 0 Å². The molecular formula is C24H27FN4O3S. The Labute approximate surface area is 193 Å². The Bertz CT molecular complexity index is 1330. The molecule has 0 spiro atoms. The standard InChI is InChI=1S/C24H27FN4O3S/c1-16-10-11-21(12-17(16)2)29-18(3)13-20(19(29)4)14-26-27-24(30)15-28(33(5,31)32)23-9-7-6-8-22(23)25/h6-14H,15H2,1-5H3,(H,27,30)/b26-14+. The van der Waals surface area contributed by atoms with Gasteiger partial charge in [-0.25, -0.2) is 18.2 Å². The number of para-hydroxylation sites is 1. The SMILES string of the molecule is Cc1ccc(-n2c(C)cc(/C=N/NC(=O)CN(c3ccccc3F)S(C)(=O)=O)c2C)cc1C. The number of hydrogen-bond acceptors (Lipinski definition) is 4. The van der Waals surface area contributed by atoms with E-state index in [9.17, 15) is 17.6 Å². The van der Waals surface area contributed by atoms with Gasteiger partial charge in [0.1, 0.15) is 12.4 Å². The van der Waals surface area contributed by atoms with Crippen molar-refractivity contribution in [1.29, 1.82) is 0 Å². The second-order valence-corrected chi connectivity index (χ2v) is 9.85. The molecule has 0 aliphatic rings. The highest BCUT2D eigenvalue weighted by Crippen LogP contribution is 2.22. The fraction of sp³-hybridized carbons (Fsp3) is 0.250. The third-order valence-corrected chi connectivity index (χ3v) is 6.55. The van der Waals surface area contributed by atoms with E-state index in [0.29, 0.717) is 4.31 Å². The smallest absolute Gasteiger partial charge is 0.260 e. The van der Waals surface area contributed by atoms with Crippen LogP contribution in [0.5, 0.6) is 0 Å². The fourth-order valence-electron chi connectivity index (χ4n) is 3.55. The second kappa shape index (κ2) is 9.58. The number of halogens is 1. The molecule has 0 aliphatic carbocycles. The van der Waals surface area contributed by atoms with Crippen LogP contribution in [0.25, 0.3) is 5.69 Å². The number of sulfonamides is 1. The van der Waals surface area contributed by atoms with Gasteiger partial charge in [0.25, 0.3) is 5.91 Å². The maximum Gasteiger partial charge on any atom is 0.260 e. The van der Waals surface area contributed by atoms with Crippen molar-refractivity contribution >= 4 is 27.8 Å². The van der Waals surface area contributed by atoms with Gasteiger partial charge in [-0.3, -0.25) is 9.10 Å². The van der Waals surface area contributed by atoms with E-state index in [1.165, 1.54) is 35.5 Å². The maximum absolute atomic E-state index is 14.1. The lowest BCUT2D eigenvalue weighted by molar-refractivity contribution is -0.119. The quantitative estimate of drug-likeness (QED) is 0.422. The number of hydrazone groups is 1. The van der Waals surface area contributed by atoms with Gasteiger partial charge in [-0.05, 0) is 69.2 Å². The highest BCUT2D eigenvalue weighted by molar-refractivity contribution is 7.92. The molecular weight excluding hydrogens is 443 g/mol. The summed E-state index contributed by atoms with van der Waals surface area (Å²) < 4.78 is 41.1. The first-order valence-electron chi connectivity index (χ1n) is 10.3. The zero-order valence-corrected chi connectivity index (χ0v) is 20.1. The number of hydrogen-bond donors (Lipinski definition) is 1. The maximum atomic E-state index is 14.1. The first kappa shape index (κ1) is 24.2. The van der Waals surface area contributed by atoms with Gasteiger partial charge < -0.3 is 4.57 Å². The number of nitrogens with zero attached hydrogens (tertiary/aromatic N) is 3. The molecule has 33 heavy (non-hydrogen) atoms. The van der Waals surface area contributed by atoms with E-state index >= 15 is 0 Å². The molecule has 174 valence electrons. The molecule has 0 atom stereocenters. The van der Waals surface area contributed by atoms with Crippen molar-refractivity contribution < 1.29 is 17.6 Å². The van der Waals surface area contributed by atoms with Crippen LogP contribution in [0.15, 0.2) is 53.6 Å². The third kappa shape index (κ3) is 5.48. The zero-order chi connectivity index (χ0) is 24.3. The van der Waals surface area contributed by atoms with Crippen LogP contribution in [0.4, 0.5) is 10.1 Å². The molecule has 0 radical (unpaired) electrons. The summed E-state index contributed by atoms with van der Waals surface area (Å²) in [6.07, 6.45) is 2.42. The van der Waals surface area contributed by atoms with Crippen molar-refractivity contribution in [1.82, 2.24) is 9.99 Å². The minimum atomic E-state index is -3.88. The van der Waals surface area contributed by atoms with Gasteiger partial charge in [0, 0.05) is 22.6 Å². The predicted octanol–water partition coefficient (Wildman–Crippen LogP) is 3.77. The fourth-order valence-corrected chi connectivity index (χ4v) is 4.41. The number of benzene rings is 2.